The van der Waals surface area contributed by atoms with E-state index >= 15 is 0 Å². The molecule has 0 radical (unpaired) electrons. The van der Waals surface area contributed by atoms with Crippen LogP contribution in [0, 0.1) is 5.92 Å². The summed E-state index contributed by atoms with van der Waals surface area (Å²) < 4.78 is 0. The fraction of sp³-hybridized carbons (Fsp3) is 1.00. The standard InChI is InChI=1S/C11H23N/c1-8(2)12(9(3)4)10(5)11-6-7-11/h8-11H,6-7H2,1-5H3. The molecule has 1 aliphatic rings. The summed E-state index contributed by atoms with van der Waals surface area (Å²) in [6.07, 6.45) is 2.91. The van der Waals surface area contributed by atoms with Crippen LogP contribution >= 0.6 is 0 Å². The van der Waals surface area contributed by atoms with Gasteiger partial charge < -0.3 is 0 Å². The lowest BCUT2D eigenvalue weighted by Crippen LogP contribution is -2.44. The fourth-order valence-electron chi connectivity index (χ4n) is 2.36. The zero-order valence-corrected chi connectivity index (χ0v) is 9.17. The Balaban J connectivity index is 2.51. The number of hydrogen-bond donors (Lipinski definition) is 0. The molecule has 0 amide bonds. The first-order valence-corrected chi connectivity index (χ1v) is 5.31. The van der Waals surface area contributed by atoms with Crippen molar-refractivity contribution in [1.29, 1.82) is 0 Å². The highest BCUT2D eigenvalue weighted by Crippen LogP contribution is 2.36. The zero-order valence-electron chi connectivity index (χ0n) is 9.17. The van der Waals surface area contributed by atoms with Gasteiger partial charge in [-0.2, -0.15) is 0 Å². The summed E-state index contributed by atoms with van der Waals surface area (Å²) in [5.41, 5.74) is 0. The van der Waals surface area contributed by atoms with Crippen LogP contribution in [-0.4, -0.2) is 23.0 Å². The van der Waals surface area contributed by atoms with E-state index in [-0.39, 0.29) is 0 Å². The van der Waals surface area contributed by atoms with E-state index in [0.717, 1.165) is 12.0 Å². The molecule has 0 aromatic carbocycles. The SMILES string of the molecule is CC(C)N(C(C)C)C(C)C1CC1. The van der Waals surface area contributed by atoms with Crippen molar-refractivity contribution in [2.45, 2.75) is 65.6 Å². The summed E-state index contributed by atoms with van der Waals surface area (Å²) in [4.78, 5) is 2.64. The molecular formula is C11H23N. The van der Waals surface area contributed by atoms with E-state index in [1.807, 2.05) is 0 Å². The normalized spacial score (nSPS) is 21.0. The third-order valence-electron chi connectivity index (χ3n) is 2.97. The van der Waals surface area contributed by atoms with Gasteiger partial charge in [-0.25, -0.2) is 0 Å². The van der Waals surface area contributed by atoms with Crippen molar-refractivity contribution in [3.05, 3.63) is 0 Å². The van der Waals surface area contributed by atoms with E-state index in [0.29, 0.717) is 12.1 Å². The summed E-state index contributed by atoms with van der Waals surface area (Å²) in [7, 11) is 0. The van der Waals surface area contributed by atoms with Crippen LogP contribution in [-0.2, 0) is 0 Å². The Morgan fingerprint density at radius 2 is 1.33 bits per heavy atom. The van der Waals surface area contributed by atoms with Gasteiger partial charge in [-0.3, -0.25) is 4.90 Å². The minimum atomic E-state index is 0.695. The molecule has 1 aliphatic carbocycles. The number of hydrogen-bond acceptors (Lipinski definition) is 1. The second kappa shape index (κ2) is 3.78. The molecule has 1 fully saturated rings. The van der Waals surface area contributed by atoms with Gasteiger partial charge in [0.05, 0.1) is 0 Å². The molecule has 1 saturated carbocycles. The summed E-state index contributed by atoms with van der Waals surface area (Å²) in [6.45, 7) is 11.6. The first-order valence-electron chi connectivity index (χ1n) is 5.31. The van der Waals surface area contributed by atoms with Crippen molar-refractivity contribution in [2.75, 3.05) is 0 Å². The fourth-order valence-corrected chi connectivity index (χ4v) is 2.36. The van der Waals surface area contributed by atoms with Crippen molar-refractivity contribution in [2.24, 2.45) is 5.92 Å². The van der Waals surface area contributed by atoms with Gasteiger partial charge in [0.15, 0.2) is 0 Å². The van der Waals surface area contributed by atoms with Crippen molar-refractivity contribution >= 4 is 0 Å². The summed E-state index contributed by atoms with van der Waals surface area (Å²) >= 11 is 0. The van der Waals surface area contributed by atoms with Crippen LogP contribution in [0.3, 0.4) is 0 Å². The van der Waals surface area contributed by atoms with E-state index in [1.165, 1.54) is 12.8 Å². The van der Waals surface area contributed by atoms with Crippen molar-refractivity contribution in [3.8, 4) is 0 Å². The van der Waals surface area contributed by atoms with Gasteiger partial charge in [0, 0.05) is 18.1 Å². The Hall–Kier alpha value is -0.0400. The van der Waals surface area contributed by atoms with Crippen molar-refractivity contribution in [3.63, 3.8) is 0 Å². The zero-order chi connectivity index (χ0) is 9.30. The average Bonchev–Trinajstić information content (AvgIpc) is 2.64. The first kappa shape index (κ1) is 10.0. The van der Waals surface area contributed by atoms with Crippen LogP contribution in [0.2, 0.25) is 0 Å². The number of rotatable bonds is 4. The van der Waals surface area contributed by atoms with E-state index in [4.69, 9.17) is 0 Å². The topological polar surface area (TPSA) is 3.24 Å². The minimum Gasteiger partial charge on any atom is -0.296 e. The van der Waals surface area contributed by atoms with E-state index < -0.39 is 0 Å². The Morgan fingerprint density at radius 3 is 1.58 bits per heavy atom. The lowest BCUT2D eigenvalue weighted by atomic mass is 10.1. The molecule has 0 heterocycles. The van der Waals surface area contributed by atoms with Crippen LogP contribution in [0.4, 0.5) is 0 Å². The van der Waals surface area contributed by atoms with Crippen LogP contribution in [0.5, 0.6) is 0 Å². The molecule has 0 bridgehead atoms. The molecule has 1 nitrogen and oxygen atoms in total. The molecule has 0 spiro atoms. The van der Waals surface area contributed by atoms with Crippen LogP contribution in [0.1, 0.15) is 47.5 Å². The highest BCUT2D eigenvalue weighted by Gasteiger charge is 2.33. The van der Waals surface area contributed by atoms with Crippen molar-refractivity contribution < 1.29 is 0 Å². The van der Waals surface area contributed by atoms with Crippen LogP contribution < -0.4 is 0 Å². The predicted octanol–water partition coefficient (Wildman–Crippen LogP) is 2.90. The summed E-state index contributed by atoms with van der Waals surface area (Å²) in [5.74, 6) is 0.995. The van der Waals surface area contributed by atoms with Gasteiger partial charge in [0.25, 0.3) is 0 Å². The lowest BCUT2D eigenvalue weighted by molar-refractivity contribution is 0.109. The number of nitrogens with zero attached hydrogens (tertiary/aromatic N) is 1. The monoisotopic (exact) mass is 169 g/mol. The molecule has 1 heteroatoms. The minimum absolute atomic E-state index is 0.695. The molecule has 1 rings (SSSR count). The highest BCUT2D eigenvalue weighted by molar-refractivity contribution is 4.87. The maximum Gasteiger partial charge on any atom is 0.0101 e. The maximum atomic E-state index is 2.64. The molecule has 0 aromatic rings. The summed E-state index contributed by atoms with van der Waals surface area (Å²) in [5, 5.41) is 0. The van der Waals surface area contributed by atoms with Gasteiger partial charge in [-0.1, -0.05) is 0 Å². The first-order chi connectivity index (χ1) is 5.54. The van der Waals surface area contributed by atoms with Crippen LogP contribution in [0.25, 0.3) is 0 Å². The second-order valence-corrected chi connectivity index (χ2v) is 4.71. The van der Waals surface area contributed by atoms with Gasteiger partial charge >= 0.3 is 0 Å². The molecule has 1 atom stereocenters. The smallest absolute Gasteiger partial charge is 0.0101 e. The van der Waals surface area contributed by atoms with E-state index in [1.54, 1.807) is 0 Å². The Labute approximate surface area is 77.1 Å². The highest BCUT2D eigenvalue weighted by atomic mass is 15.2. The second-order valence-electron chi connectivity index (χ2n) is 4.71. The quantitative estimate of drug-likeness (QED) is 0.625. The van der Waals surface area contributed by atoms with Crippen molar-refractivity contribution in [1.82, 2.24) is 4.90 Å². The molecule has 1 unspecified atom stereocenters. The lowest BCUT2D eigenvalue weighted by Gasteiger charge is -2.36. The Bertz CT molecular complexity index is 128. The Kier molecular flexibility index (Phi) is 3.16. The van der Waals surface area contributed by atoms with Gasteiger partial charge in [-0.05, 0) is 53.4 Å². The van der Waals surface area contributed by atoms with Crippen LogP contribution in [0.15, 0.2) is 0 Å². The molecule has 0 aliphatic heterocycles. The predicted molar refractivity (Wildman–Crippen MR) is 54.3 cm³/mol. The van der Waals surface area contributed by atoms with Gasteiger partial charge in [0.2, 0.25) is 0 Å². The average molecular weight is 169 g/mol. The molecule has 12 heavy (non-hydrogen) atoms. The molecular weight excluding hydrogens is 146 g/mol. The van der Waals surface area contributed by atoms with E-state index in [9.17, 15) is 0 Å². The van der Waals surface area contributed by atoms with Gasteiger partial charge in [-0.15, -0.1) is 0 Å². The van der Waals surface area contributed by atoms with Gasteiger partial charge in [0.1, 0.15) is 0 Å². The molecule has 72 valence electrons. The maximum absolute atomic E-state index is 2.64. The Morgan fingerprint density at radius 1 is 0.917 bits per heavy atom. The summed E-state index contributed by atoms with van der Waals surface area (Å²) in [6, 6.07) is 2.19. The molecule has 0 saturated heterocycles. The largest absolute Gasteiger partial charge is 0.296 e. The molecule has 0 aromatic heterocycles. The third kappa shape index (κ3) is 2.22. The van der Waals surface area contributed by atoms with E-state index in [2.05, 4.69) is 39.5 Å². The third-order valence-corrected chi connectivity index (χ3v) is 2.97. The molecule has 0 N–H and O–H groups in total.